The predicted octanol–water partition coefficient (Wildman–Crippen LogP) is 36.4. The molecule has 0 saturated heterocycles. The topological polar surface area (TPSA) is 132 Å². The molecule has 0 spiro atoms. The molecule has 30 aromatic rings. The fourth-order valence-corrected chi connectivity index (χ4v) is 21.7. The molecule has 0 fully saturated rings. The van der Waals surface area contributed by atoms with Gasteiger partial charge in [0.2, 0.25) is 0 Å². The Kier molecular flexibility index (Phi) is 21.6. The van der Waals surface area contributed by atoms with E-state index in [9.17, 15) is 0 Å². The maximum absolute atomic E-state index is 6.29. The van der Waals surface area contributed by atoms with E-state index in [1.54, 1.807) is 0 Å². The highest BCUT2D eigenvalue weighted by Crippen LogP contribution is 2.46. The lowest BCUT2D eigenvalue weighted by Crippen LogP contribution is -1.98. The highest BCUT2D eigenvalue weighted by Gasteiger charge is 2.25. The Morgan fingerprint density at radius 2 is 0.393 bits per heavy atom. The molecule has 0 saturated carbocycles. The minimum atomic E-state index is 0.662. The summed E-state index contributed by atoms with van der Waals surface area (Å²) in [5, 5.41) is 14.0. The first-order valence-electron chi connectivity index (χ1n) is 50.5. The van der Waals surface area contributed by atoms with Crippen LogP contribution in [0.2, 0.25) is 0 Å². The molecule has 9 heterocycles. The van der Waals surface area contributed by atoms with E-state index < -0.39 is 0 Å². The first-order valence-corrected chi connectivity index (χ1v) is 50.5. The summed E-state index contributed by atoms with van der Waals surface area (Å²) in [5.74, 6) is 1.99. The third-order valence-electron chi connectivity index (χ3n) is 28.8. The summed E-state index contributed by atoms with van der Waals surface area (Å²) in [7, 11) is 0. The average molecular weight is 1920 g/mol. The number of rotatable bonds is 15. The van der Waals surface area contributed by atoms with Crippen LogP contribution in [0, 0.1) is 0 Å². The Labute approximate surface area is 862 Å². The Bertz CT molecular complexity index is 10500. The summed E-state index contributed by atoms with van der Waals surface area (Å²) in [5.41, 5.74) is 36.4. The van der Waals surface area contributed by atoms with Gasteiger partial charge < -0.3 is 27.0 Å². The molecule has 12 heteroatoms. The normalized spacial score (nSPS) is 11.6. The number of para-hydroxylation sites is 7. The van der Waals surface area contributed by atoms with Gasteiger partial charge in [0.05, 0.1) is 67.3 Å². The molecule has 0 bridgehead atoms. The van der Waals surface area contributed by atoms with E-state index in [1.165, 1.54) is 54.6 Å². The van der Waals surface area contributed by atoms with Crippen LogP contribution in [0.1, 0.15) is 0 Å². The number of nitrogens with zero attached hydrogens (tertiary/aromatic N) is 9. The molecule has 12 nitrogen and oxygen atoms in total. The van der Waals surface area contributed by atoms with Gasteiger partial charge in [-0.1, -0.05) is 370 Å². The van der Waals surface area contributed by atoms with Crippen molar-refractivity contribution in [1.29, 1.82) is 0 Å². The Morgan fingerprint density at radius 3 is 0.800 bits per heavy atom. The second-order valence-electron chi connectivity index (χ2n) is 37.9. The summed E-state index contributed by atoms with van der Waals surface area (Å²) in [4.78, 5) is 31.1. The molecule has 150 heavy (non-hydrogen) atoms. The zero-order valence-electron chi connectivity index (χ0n) is 81.0. The van der Waals surface area contributed by atoms with E-state index in [-0.39, 0.29) is 0 Å². The van der Waals surface area contributed by atoms with Crippen LogP contribution in [-0.2, 0) is 0 Å². The minimum Gasteiger partial charge on any atom is -0.456 e. The van der Waals surface area contributed by atoms with Gasteiger partial charge in [0.15, 0.2) is 17.5 Å². The van der Waals surface area contributed by atoms with Crippen molar-refractivity contribution in [3.8, 4) is 152 Å². The monoisotopic (exact) mass is 1920 g/mol. The van der Waals surface area contributed by atoms with Gasteiger partial charge in [-0.3, -0.25) is 0 Å². The van der Waals surface area contributed by atoms with Crippen molar-refractivity contribution in [3.05, 3.63) is 528 Å². The molecular weight excluding hydrogens is 1830 g/mol. The van der Waals surface area contributed by atoms with E-state index in [0.717, 1.165) is 211 Å². The van der Waals surface area contributed by atoms with Crippen molar-refractivity contribution in [2.45, 2.75) is 0 Å². The third kappa shape index (κ3) is 15.9. The predicted molar refractivity (Wildman–Crippen MR) is 616 cm³/mol. The number of hydrogen-bond acceptors (Lipinski definition) is 9. The van der Waals surface area contributed by atoms with Crippen LogP contribution in [0.3, 0.4) is 0 Å². The van der Waals surface area contributed by atoms with Crippen LogP contribution in [-0.4, -0.2) is 43.6 Å². The molecule has 0 atom stereocenters. The largest absolute Gasteiger partial charge is 0.456 e. The lowest BCUT2D eigenvalue weighted by molar-refractivity contribution is 0.668. The van der Waals surface area contributed by atoms with E-state index in [4.69, 9.17) is 43.2 Å². The van der Waals surface area contributed by atoms with Gasteiger partial charge in [-0.15, -0.1) is 0 Å². The smallest absolute Gasteiger partial charge is 0.160 e. The number of hydrogen-bond donors (Lipinski definition) is 0. The maximum atomic E-state index is 6.29. The molecule has 0 aliphatic heterocycles. The van der Waals surface area contributed by atoms with Crippen molar-refractivity contribution < 1.29 is 13.3 Å². The molecule has 702 valence electrons. The van der Waals surface area contributed by atoms with Gasteiger partial charge in [0.1, 0.15) is 33.5 Å². The van der Waals surface area contributed by atoms with Crippen LogP contribution in [0.5, 0.6) is 0 Å². The molecule has 0 amide bonds. The number of benzene rings is 21. The van der Waals surface area contributed by atoms with E-state index in [1.807, 2.05) is 97.1 Å². The summed E-state index contributed by atoms with van der Waals surface area (Å²) >= 11 is 0. The van der Waals surface area contributed by atoms with Crippen molar-refractivity contribution in [3.63, 3.8) is 0 Å². The zero-order chi connectivity index (χ0) is 99.1. The molecular formula is C138H87N9O3. The zero-order valence-corrected chi connectivity index (χ0v) is 81.0. The molecule has 0 aliphatic rings. The fraction of sp³-hybridized carbons (Fsp3) is 0. The fourth-order valence-electron chi connectivity index (χ4n) is 21.7. The molecule has 0 unspecified atom stereocenters. The van der Waals surface area contributed by atoms with Crippen molar-refractivity contribution in [1.82, 2.24) is 43.6 Å². The Morgan fingerprint density at radius 1 is 0.133 bits per heavy atom. The second kappa shape index (κ2) is 37.1. The van der Waals surface area contributed by atoms with Gasteiger partial charge in [0.25, 0.3) is 0 Å². The van der Waals surface area contributed by atoms with Gasteiger partial charge in [0, 0.05) is 132 Å². The Hall–Kier alpha value is -20.3. The molecule has 9 aromatic heterocycles. The Balaban J connectivity index is 0.000000108. The maximum Gasteiger partial charge on any atom is 0.160 e. The quantitative estimate of drug-likeness (QED) is 0.0984. The summed E-state index contributed by atoms with van der Waals surface area (Å²) in [6.45, 7) is 0. The lowest BCUT2D eigenvalue weighted by Gasteiger charge is -2.12. The highest BCUT2D eigenvalue weighted by molar-refractivity contribution is 6.17. The second-order valence-corrected chi connectivity index (χ2v) is 37.9. The SMILES string of the molecule is c1ccc(-c2cc(-c3ccc4c(c3)oc3ccccc34)nc(-c3cccc(-n4c5ccccc5c5c(-c6ccccc6)cccc54)c3)n2)cc1.c1ccc(-c2ccc3c(c2)c2ccccc2n3-c2cccc(-c3nc(-c4ccccc4)cc(-c4ccc5c(c4)oc4ccccc45)n3)c2)cc1.c1ccc(-c2cccc(-c3cc(-c4ccc5c(c4)oc4ccccc45)nc(-c4cccc(-n5c6ccccc6c6ccccc65)c4)n3)c2)cc1. The molecule has 0 radical (unpaired) electrons. The van der Waals surface area contributed by atoms with E-state index >= 15 is 0 Å². The van der Waals surface area contributed by atoms with Crippen LogP contribution >= 0.6 is 0 Å². The first kappa shape index (κ1) is 87.5. The lowest BCUT2D eigenvalue weighted by atomic mass is 9.99. The molecule has 0 N–H and O–H groups in total. The molecule has 0 aliphatic carbocycles. The van der Waals surface area contributed by atoms with Crippen LogP contribution in [0.15, 0.2) is 541 Å². The van der Waals surface area contributed by atoms with Gasteiger partial charge in [-0.05, 0) is 191 Å². The first-order chi connectivity index (χ1) is 74.3. The van der Waals surface area contributed by atoms with E-state index in [0.29, 0.717) is 17.5 Å². The van der Waals surface area contributed by atoms with Gasteiger partial charge in [-0.25, -0.2) is 29.9 Å². The number of fused-ring (bicyclic) bond motifs is 18. The third-order valence-corrected chi connectivity index (χ3v) is 28.8. The van der Waals surface area contributed by atoms with Gasteiger partial charge in [-0.2, -0.15) is 0 Å². The number of aromatic nitrogens is 9. The molecule has 30 rings (SSSR count). The number of furan rings is 3. The van der Waals surface area contributed by atoms with Crippen molar-refractivity contribution >= 4 is 131 Å². The summed E-state index contributed by atoms with van der Waals surface area (Å²) < 4.78 is 25.8. The molecule has 21 aromatic carbocycles. The summed E-state index contributed by atoms with van der Waals surface area (Å²) in [6, 6.07) is 184. The van der Waals surface area contributed by atoms with Gasteiger partial charge >= 0.3 is 0 Å². The van der Waals surface area contributed by atoms with Crippen LogP contribution in [0.25, 0.3) is 283 Å². The van der Waals surface area contributed by atoms with Crippen molar-refractivity contribution in [2.24, 2.45) is 0 Å². The minimum absolute atomic E-state index is 0.662. The van der Waals surface area contributed by atoms with E-state index in [2.05, 4.69) is 444 Å². The highest BCUT2D eigenvalue weighted by atomic mass is 16.3. The average Bonchev–Trinajstić information content (AvgIpc) is 1.57. The van der Waals surface area contributed by atoms with Crippen LogP contribution in [0.4, 0.5) is 0 Å². The van der Waals surface area contributed by atoms with Crippen molar-refractivity contribution in [2.75, 3.05) is 0 Å². The van der Waals surface area contributed by atoms with Crippen LogP contribution < -0.4 is 0 Å². The summed E-state index contributed by atoms with van der Waals surface area (Å²) in [6.07, 6.45) is 0. The standard InChI is InChI=1S/3C46H29N3O/c1-3-13-30(14-4-1)35-21-12-23-42-45(35)38-20-7-9-22-41(38)49(42)34-18-11-17-33(27-34)46-47-39(31-15-5-2-6-16-31)29-40(48-46)32-25-26-37-36-19-8-10-24-43(36)50-44(37)28-32;1-3-12-30(13-4-1)32-23-25-43-39(27-32)36-18-7-9-20-42(36)49(43)35-17-11-16-34(26-35)46-47-40(31-14-5-2-6-15-31)29-41(48-46)33-22-24-38-37-19-8-10-21-44(37)50-45(38)28-33;1-2-12-30(13-3-1)31-14-10-15-32(26-31)40-29-41(33-24-25-39-38-20-6-9-23-44(38)50-45(39)28-33)48-46(47-40)34-16-11-17-35(27-34)49-42-21-7-4-18-36(42)37-19-5-8-22-43(37)49/h3*1-29H.